The largest absolute Gasteiger partial charge is 0.465 e. The number of nitrogens with one attached hydrogen (secondary N) is 1. The molecule has 0 spiro atoms. The molecule has 2 N–H and O–H groups in total. The van der Waals surface area contributed by atoms with Crippen molar-refractivity contribution < 1.29 is 33.8 Å². The van der Waals surface area contributed by atoms with E-state index in [1.54, 1.807) is 30.3 Å². The molecule has 2 rings (SSSR count). The normalized spacial score (nSPS) is 18.2. The van der Waals surface area contributed by atoms with Gasteiger partial charge < -0.3 is 19.9 Å². The average Bonchev–Trinajstić information content (AvgIpc) is 2.45. The number of rotatable bonds is 5. The maximum Gasteiger partial charge on any atom is 0.405 e. The maximum absolute atomic E-state index is 12.5. The Morgan fingerprint density at radius 2 is 1.71 bits per heavy atom. The lowest BCUT2D eigenvalue weighted by molar-refractivity contribution is -0.238. The molecule has 1 saturated heterocycles. The fraction of sp³-hybridized carbons (Fsp3) is 0.375. The molecule has 0 aliphatic carbocycles. The molecule has 0 aromatic heterocycles. The first kappa shape index (κ1) is 17.5. The summed E-state index contributed by atoms with van der Waals surface area (Å²) in [5.74, 6) is -6.27. The fourth-order valence-corrected chi connectivity index (χ4v) is 2.37. The van der Waals surface area contributed by atoms with Crippen molar-refractivity contribution in [1.82, 2.24) is 5.32 Å². The first-order valence-corrected chi connectivity index (χ1v) is 7.22. The summed E-state index contributed by atoms with van der Waals surface area (Å²) in [6.07, 6.45) is -1.45. The molecule has 1 heterocycles. The zero-order valence-corrected chi connectivity index (χ0v) is 13.1. The highest BCUT2D eigenvalue weighted by molar-refractivity contribution is 6.17. The quantitative estimate of drug-likeness (QED) is 0.605. The van der Waals surface area contributed by atoms with Crippen LogP contribution in [0.1, 0.15) is 19.4 Å². The van der Waals surface area contributed by atoms with Crippen molar-refractivity contribution >= 4 is 23.8 Å². The van der Waals surface area contributed by atoms with Crippen LogP contribution in [0, 0.1) is 5.92 Å². The lowest BCUT2D eigenvalue weighted by atomic mass is 9.92. The van der Waals surface area contributed by atoms with Crippen LogP contribution in [-0.4, -0.2) is 40.8 Å². The van der Waals surface area contributed by atoms with Gasteiger partial charge in [0, 0.05) is 13.8 Å². The Balaban J connectivity index is 2.22. The zero-order valence-electron chi connectivity index (χ0n) is 13.1. The zero-order chi connectivity index (χ0) is 17.9. The predicted molar refractivity (Wildman–Crippen MR) is 79.9 cm³/mol. The van der Waals surface area contributed by atoms with Gasteiger partial charge in [-0.05, 0) is 12.0 Å². The molecule has 8 nitrogen and oxygen atoms in total. The van der Waals surface area contributed by atoms with Crippen molar-refractivity contribution in [3.8, 4) is 0 Å². The minimum atomic E-state index is -1.81. The topological polar surface area (TPSA) is 119 Å². The molecule has 1 amide bonds. The SMILES string of the molecule is CC1(C)OC(=O)C(C(=O)[C@@H](Cc2ccccc2)NC(=O)O)C(=O)O1. The smallest absolute Gasteiger partial charge is 0.405 e. The van der Waals surface area contributed by atoms with E-state index in [1.165, 1.54) is 13.8 Å². The van der Waals surface area contributed by atoms with Gasteiger partial charge in [-0.1, -0.05) is 30.3 Å². The number of Topliss-reactive ketones (excluding diaryl/α,β-unsaturated/α-hetero) is 1. The van der Waals surface area contributed by atoms with Crippen molar-refractivity contribution in [2.24, 2.45) is 5.92 Å². The summed E-state index contributed by atoms with van der Waals surface area (Å²) in [5.41, 5.74) is 0.669. The molecule has 1 fully saturated rings. The minimum absolute atomic E-state index is 0.00751. The molecule has 1 aromatic carbocycles. The number of ether oxygens (including phenoxy) is 2. The number of carbonyl (C=O) groups is 4. The van der Waals surface area contributed by atoms with Crippen molar-refractivity contribution in [3.05, 3.63) is 35.9 Å². The molecule has 24 heavy (non-hydrogen) atoms. The molecule has 0 bridgehead atoms. The molecular formula is C16H17NO7. The molecule has 8 heteroatoms. The van der Waals surface area contributed by atoms with E-state index in [-0.39, 0.29) is 6.42 Å². The van der Waals surface area contributed by atoms with Gasteiger partial charge in [0.2, 0.25) is 5.92 Å². The Kier molecular flexibility index (Phi) is 4.87. The molecule has 0 unspecified atom stereocenters. The van der Waals surface area contributed by atoms with Crippen LogP contribution < -0.4 is 5.32 Å². The van der Waals surface area contributed by atoms with Crippen LogP contribution in [0.3, 0.4) is 0 Å². The first-order valence-electron chi connectivity index (χ1n) is 7.22. The van der Waals surface area contributed by atoms with Gasteiger partial charge in [0.25, 0.3) is 5.79 Å². The molecule has 0 saturated carbocycles. The van der Waals surface area contributed by atoms with Crippen LogP contribution in [0.25, 0.3) is 0 Å². The van der Waals surface area contributed by atoms with E-state index in [4.69, 9.17) is 14.6 Å². The van der Waals surface area contributed by atoms with Crippen LogP contribution in [0.2, 0.25) is 0 Å². The number of hydrogen-bond acceptors (Lipinski definition) is 6. The summed E-state index contributed by atoms with van der Waals surface area (Å²) in [6, 6.07) is 7.33. The van der Waals surface area contributed by atoms with Crippen molar-refractivity contribution in [2.75, 3.05) is 0 Å². The minimum Gasteiger partial charge on any atom is -0.465 e. The molecule has 1 aliphatic heterocycles. The van der Waals surface area contributed by atoms with Gasteiger partial charge in [-0.2, -0.15) is 0 Å². The van der Waals surface area contributed by atoms with Crippen LogP contribution in [0.15, 0.2) is 30.3 Å². The summed E-state index contributed by atoms with van der Waals surface area (Å²) >= 11 is 0. The molecule has 0 radical (unpaired) electrons. The summed E-state index contributed by atoms with van der Waals surface area (Å²) in [5, 5.41) is 11.0. The third-order valence-electron chi connectivity index (χ3n) is 3.37. The number of carbonyl (C=O) groups excluding carboxylic acids is 3. The lowest BCUT2D eigenvalue weighted by Gasteiger charge is -2.33. The number of cyclic esters (lactones) is 2. The fourth-order valence-electron chi connectivity index (χ4n) is 2.37. The second-order valence-corrected chi connectivity index (χ2v) is 5.77. The third kappa shape index (κ3) is 4.09. The maximum atomic E-state index is 12.5. The van der Waals surface area contributed by atoms with Crippen molar-refractivity contribution in [3.63, 3.8) is 0 Å². The third-order valence-corrected chi connectivity index (χ3v) is 3.37. The van der Waals surface area contributed by atoms with Gasteiger partial charge >= 0.3 is 18.0 Å². The number of carboxylic acid groups (broad SMARTS) is 1. The van der Waals surface area contributed by atoms with E-state index >= 15 is 0 Å². The summed E-state index contributed by atoms with van der Waals surface area (Å²) in [6.45, 7) is 2.72. The van der Waals surface area contributed by atoms with Crippen LogP contribution in [0.5, 0.6) is 0 Å². The Morgan fingerprint density at radius 3 is 2.21 bits per heavy atom. The standard InChI is InChI=1S/C16H17NO7/c1-16(2)23-13(19)11(14(20)24-16)12(18)10(17-15(21)22)8-9-6-4-3-5-7-9/h3-7,10-11,17H,8H2,1-2H3,(H,21,22)/t10-/m1/s1. The molecule has 1 atom stereocenters. The number of ketones is 1. The second kappa shape index (κ2) is 6.69. The van der Waals surface area contributed by atoms with E-state index < -0.39 is 41.6 Å². The summed E-state index contributed by atoms with van der Waals surface area (Å²) in [4.78, 5) is 47.5. The number of hydrogen-bond donors (Lipinski definition) is 2. The molecular weight excluding hydrogens is 318 g/mol. The van der Waals surface area contributed by atoms with E-state index in [0.717, 1.165) is 0 Å². The van der Waals surface area contributed by atoms with Crippen molar-refractivity contribution in [2.45, 2.75) is 32.1 Å². The Hall–Kier alpha value is -2.90. The van der Waals surface area contributed by atoms with Crippen LogP contribution >= 0.6 is 0 Å². The average molecular weight is 335 g/mol. The van der Waals surface area contributed by atoms with E-state index in [9.17, 15) is 19.2 Å². The molecule has 128 valence electrons. The summed E-state index contributed by atoms with van der Waals surface area (Å²) < 4.78 is 9.81. The molecule has 1 aromatic rings. The van der Waals surface area contributed by atoms with Gasteiger partial charge in [-0.3, -0.25) is 14.4 Å². The highest BCUT2D eigenvalue weighted by atomic mass is 16.7. The number of amides is 1. The summed E-state index contributed by atoms with van der Waals surface area (Å²) in [7, 11) is 0. The van der Waals surface area contributed by atoms with E-state index in [0.29, 0.717) is 5.56 Å². The Morgan fingerprint density at radius 1 is 1.17 bits per heavy atom. The van der Waals surface area contributed by atoms with E-state index in [2.05, 4.69) is 0 Å². The van der Waals surface area contributed by atoms with Gasteiger partial charge in [-0.25, -0.2) is 4.79 Å². The van der Waals surface area contributed by atoms with Crippen LogP contribution in [0.4, 0.5) is 4.79 Å². The highest BCUT2D eigenvalue weighted by Crippen LogP contribution is 2.25. The Labute approximate surface area is 137 Å². The highest BCUT2D eigenvalue weighted by Gasteiger charge is 2.49. The Bertz CT molecular complexity index is 648. The van der Waals surface area contributed by atoms with Gasteiger partial charge in [-0.15, -0.1) is 0 Å². The van der Waals surface area contributed by atoms with Crippen LogP contribution in [-0.2, 0) is 30.3 Å². The van der Waals surface area contributed by atoms with Gasteiger partial charge in [0.05, 0.1) is 6.04 Å². The molecule has 1 aliphatic rings. The predicted octanol–water partition coefficient (Wildman–Crippen LogP) is 0.887. The number of benzene rings is 1. The lowest BCUT2D eigenvalue weighted by Crippen LogP contribution is -2.54. The van der Waals surface area contributed by atoms with Gasteiger partial charge in [0.1, 0.15) is 0 Å². The van der Waals surface area contributed by atoms with Crippen molar-refractivity contribution in [1.29, 1.82) is 0 Å². The first-order chi connectivity index (χ1) is 11.2. The second-order valence-electron chi connectivity index (χ2n) is 5.77. The van der Waals surface area contributed by atoms with E-state index in [1.807, 2.05) is 5.32 Å². The van der Waals surface area contributed by atoms with Gasteiger partial charge in [0.15, 0.2) is 5.78 Å². The number of esters is 2. The monoisotopic (exact) mass is 335 g/mol.